The number of nitrogens with one attached hydrogen (secondary N) is 2. The van der Waals surface area contributed by atoms with Crippen molar-refractivity contribution in [2.45, 2.75) is 50.9 Å². The maximum absolute atomic E-state index is 13.2. The van der Waals surface area contributed by atoms with Gasteiger partial charge >= 0.3 is 5.97 Å². The molecular formula is C24H32N6O4. The number of aromatic nitrogens is 2. The molecule has 0 aliphatic heterocycles. The summed E-state index contributed by atoms with van der Waals surface area (Å²) in [7, 11) is 0. The molecule has 2 aromatic heterocycles. The summed E-state index contributed by atoms with van der Waals surface area (Å²) in [6, 6.07) is 5.23. The van der Waals surface area contributed by atoms with E-state index in [0.29, 0.717) is 23.6 Å². The minimum atomic E-state index is -0.991. The Labute approximate surface area is 197 Å². The fourth-order valence-corrected chi connectivity index (χ4v) is 6.98. The van der Waals surface area contributed by atoms with Crippen LogP contribution in [0.15, 0.2) is 24.4 Å². The van der Waals surface area contributed by atoms with Gasteiger partial charge in [0.15, 0.2) is 0 Å². The number of fused-ring (bicyclic) bond motifs is 1. The Morgan fingerprint density at radius 2 is 1.82 bits per heavy atom. The topological polar surface area (TPSA) is 154 Å². The van der Waals surface area contributed by atoms with Crippen LogP contribution in [0.4, 0.5) is 0 Å². The minimum Gasteiger partial charge on any atom is -0.449 e. The van der Waals surface area contributed by atoms with Crippen LogP contribution in [0.3, 0.4) is 0 Å². The van der Waals surface area contributed by atoms with Crippen molar-refractivity contribution in [3.05, 3.63) is 35.8 Å². The molecule has 4 saturated carbocycles. The largest absolute Gasteiger partial charge is 0.449 e. The van der Waals surface area contributed by atoms with E-state index in [2.05, 4.69) is 10.3 Å². The lowest BCUT2D eigenvalue weighted by Crippen LogP contribution is -2.51. The molecule has 4 aliphatic rings. The first-order chi connectivity index (χ1) is 16.4. The van der Waals surface area contributed by atoms with Crippen molar-refractivity contribution in [3.63, 3.8) is 0 Å². The first-order valence-corrected chi connectivity index (χ1v) is 12.0. The molecule has 0 radical (unpaired) electrons. The van der Waals surface area contributed by atoms with Crippen LogP contribution >= 0.6 is 0 Å². The van der Waals surface area contributed by atoms with Gasteiger partial charge in [0.05, 0.1) is 5.69 Å². The van der Waals surface area contributed by atoms with E-state index in [1.54, 1.807) is 28.8 Å². The average molecular weight is 469 g/mol. The average Bonchev–Trinajstić information content (AvgIpc) is 3.24. The summed E-state index contributed by atoms with van der Waals surface area (Å²) in [5.41, 5.74) is 8.82. The highest BCUT2D eigenvalue weighted by Gasteiger charge is 2.50. The van der Waals surface area contributed by atoms with E-state index < -0.39 is 17.8 Å². The zero-order valence-corrected chi connectivity index (χ0v) is 19.2. The molecule has 2 amide bonds. The van der Waals surface area contributed by atoms with Crippen molar-refractivity contribution in [2.75, 3.05) is 13.3 Å². The highest BCUT2D eigenvalue weighted by atomic mass is 16.5. The molecule has 1 atom stereocenters. The van der Waals surface area contributed by atoms with Gasteiger partial charge in [-0.3, -0.25) is 29.9 Å². The second-order valence-corrected chi connectivity index (χ2v) is 10.4. The molecule has 2 aromatic rings. The summed E-state index contributed by atoms with van der Waals surface area (Å²) in [4.78, 5) is 42.0. The van der Waals surface area contributed by atoms with E-state index >= 15 is 0 Å². The van der Waals surface area contributed by atoms with E-state index in [-0.39, 0.29) is 24.5 Å². The van der Waals surface area contributed by atoms with Crippen LogP contribution < -0.4 is 22.3 Å². The predicted molar refractivity (Wildman–Crippen MR) is 123 cm³/mol. The summed E-state index contributed by atoms with van der Waals surface area (Å²) < 4.78 is 6.57. The van der Waals surface area contributed by atoms with Crippen molar-refractivity contribution in [1.82, 2.24) is 20.1 Å². The fraction of sp³-hybridized carbons (Fsp3) is 0.583. The van der Waals surface area contributed by atoms with Crippen LogP contribution in [0.2, 0.25) is 0 Å². The molecule has 10 heteroatoms. The number of carbonyl (C=O) groups is 3. The Bertz CT molecular complexity index is 1080. The smallest absolute Gasteiger partial charge is 0.316 e. The number of rotatable bonds is 8. The highest BCUT2D eigenvalue weighted by molar-refractivity contribution is 5.93. The van der Waals surface area contributed by atoms with E-state index in [9.17, 15) is 14.4 Å². The monoisotopic (exact) mass is 468 g/mol. The lowest BCUT2D eigenvalue weighted by molar-refractivity contribution is -0.146. The van der Waals surface area contributed by atoms with Crippen LogP contribution in [-0.4, -0.2) is 40.4 Å². The Morgan fingerprint density at radius 3 is 2.44 bits per heavy atom. The molecule has 6 rings (SSSR count). The maximum atomic E-state index is 13.2. The van der Waals surface area contributed by atoms with E-state index in [1.807, 2.05) is 5.43 Å². The van der Waals surface area contributed by atoms with Gasteiger partial charge in [-0.05, 0) is 73.8 Å². The third kappa shape index (κ3) is 4.27. The molecule has 6 N–H and O–H groups in total. The Balaban J connectivity index is 1.36. The van der Waals surface area contributed by atoms with Gasteiger partial charge in [-0.2, -0.15) is 0 Å². The summed E-state index contributed by atoms with van der Waals surface area (Å²) in [6.07, 6.45) is 9.08. The van der Waals surface area contributed by atoms with Gasteiger partial charge in [0.25, 0.3) is 5.91 Å². The first kappa shape index (κ1) is 22.8. The molecule has 0 saturated heterocycles. The Morgan fingerprint density at radius 1 is 1.15 bits per heavy atom. The van der Waals surface area contributed by atoms with E-state index in [4.69, 9.17) is 16.3 Å². The molecule has 4 fully saturated rings. The van der Waals surface area contributed by atoms with Gasteiger partial charge in [0.2, 0.25) is 5.91 Å². The number of hydrogen-bond donors (Lipinski definition) is 4. The van der Waals surface area contributed by atoms with E-state index in [1.165, 1.54) is 38.5 Å². The molecule has 2 heterocycles. The first-order valence-electron chi connectivity index (χ1n) is 12.0. The molecule has 4 aliphatic carbocycles. The SMILES string of the molecule is NCOC(=O)C(CC(=O)NN)c1cn2c(C(=O)NCC34CC5CC(CC(C5)C3)C4)cccc2n1. The van der Waals surface area contributed by atoms with Crippen LogP contribution in [0.5, 0.6) is 0 Å². The number of pyridine rings is 1. The lowest BCUT2D eigenvalue weighted by Gasteiger charge is -2.56. The Hall–Kier alpha value is -2.98. The van der Waals surface area contributed by atoms with Crippen LogP contribution in [0, 0.1) is 23.2 Å². The van der Waals surface area contributed by atoms with Crippen molar-refractivity contribution in [2.24, 2.45) is 34.7 Å². The van der Waals surface area contributed by atoms with Gasteiger partial charge < -0.3 is 10.1 Å². The number of nitrogens with two attached hydrogens (primary N) is 2. The standard InChI is InChI=1S/C24H32N6O4/c25-13-34-23(33)17(7-21(31)29-26)18-11-30-19(2-1-3-20(30)28-18)22(32)27-12-24-8-14-4-15(9-24)6-16(5-14)10-24/h1-3,11,14-17H,4-10,12-13,25-26H2,(H,27,32)(H,29,31). The number of carbonyl (C=O) groups excluding carboxylic acids is 3. The fourth-order valence-electron chi connectivity index (χ4n) is 6.98. The predicted octanol–water partition coefficient (Wildman–Crippen LogP) is 1.20. The van der Waals surface area contributed by atoms with Gasteiger partial charge in [0, 0.05) is 19.2 Å². The summed E-state index contributed by atoms with van der Waals surface area (Å²) in [5.74, 6) is 5.27. The number of imidazole rings is 1. The summed E-state index contributed by atoms with van der Waals surface area (Å²) >= 11 is 0. The third-order valence-electron chi connectivity index (χ3n) is 7.95. The second-order valence-electron chi connectivity index (χ2n) is 10.4. The van der Waals surface area contributed by atoms with Crippen LogP contribution in [-0.2, 0) is 14.3 Å². The molecule has 1 unspecified atom stereocenters. The molecule has 10 nitrogen and oxygen atoms in total. The number of esters is 1. The van der Waals surface area contributed by atoms with Gasteiger partial charge in [0.1, 0.15) is 24.0 Å². The zero-order valence-electron chi connectivity index (χ0n) is 19.2. The molecule has 4 bridgehead atoms. The highest BCUT2D eigenvalue weighted by Crippen LogP contribution is 2.59. The van der Waals surface area contributed by atoms with Gasteiger partial charge in [-0.25, -0.2) is 10.8 Å². The third-order valence-corrected chi connectivity index (χ3v) is 7.95. The number of nitrogens with zero attached hydrogens (tertiary/aromatic N) is 2. The van der Waals surface area contributed by atoms with Crippen molar-refractivity contribution in [3.8, 4) is 0 Å². The van der Waals surface area contributed by atoms with Crippen LogP contribution in [0.25, 0.3) is 5.65 Å². The minimum absolute atomic E-state index is 0.175. The molecular weight excluding hydrogens is 436 g/mol. The molecule has 182 valence electrons. The molecule has 0 spiro atoms. The molecule has 34 heavy (non-hydrogen) atoms. The quantitative estimate of drug-likeness (QED) is 0.149. The summed E-state index contributed by atoms with van der Waals surface area (Å²) in [5, 5.41) is 3.19. The van der Waals surface area contributed by atoms with Crippen LogP contribution in [0.1, 0.15) is 67.0 Å². The lowest BCUT2D eigenvalue weighted by atomic mass is 9.49. The van der Waals surface area contributed by atoms with Gasteiger partial charge in [-0.15, -0.1) is 0 Å². The van der Waals surface area contributed by atoms with Gasteiger partial charge in [-0.1, -0.05) is 6.07 Å². The zero-order chi connectivity index (χ0) is 23.9. The van der Waals surface area contributed by atoms with E-state index in [0.717, 1.165) is 17.8 Å². The van der Waals surface area contributed by atoms with Crippen molar-refractivity contribution >= 4 is 23.4 Å². The Kier molecular flexibility index (Phi) is 6.03. The van der Waals surface area contributed by atoms with Crippen molar-refractivity contribution in [1.29, 1.82) is 0 Å². The number of hydrogen-bond acceptors (Lipinski definition) is 7. The maximum Gasteiger partial charge on any atom is 0.316 e. The second kappa shape index (κ2) is 8.99. The number of amides is 2. The number of hydrazine groups is 1. The summed E-state index contributed by atoms with van der Waals surface area (Å²) in [6.45, 7) is 0.375. The molecule has 0 aromatic carbocycles. The van der Waals surface area contributed by atoms with Crippen molar-refractivity contribution < 1.29 is 19.1 Å². The number of ether oxygens (including phenoxy) is 1. The normalized spacial score (nSPS) is 28.0.